The Morgan fingerprint density at radius 2 is 1.81 bits per heavy atom. The van der Waals surface area contributed by atoms with Crippen molar-refractivity contribution in [3.8, 4) is 5.75 Å². The summed E-state index contributed by atoms with van der Waals surface area (Å²) in [7, 11) is 1.51. The number of anilines is 2. The second kappa shape index (κ2) is 7.11. The first-order valence-electron chi connectivity index (χ1n) is 7.85. The Morgan fingerprint density at radius 3 is 2.41 bits per heavy atom. The van der Waals surface area contributed by atoms with E-state index in [0.717, 1.165) is 11.0 Å². The van der Waals surface area contributed by atoms with E-state index in [2.05, 4.69) is 5.32 Å². The van der Waals surface area contributed by atoms with Gasteiger partial charge in [-0.25, -0.2) is 4.90 Å². The number of ether oxygens (including phenoxy) is 1. The van der Waals surface area contributed by atoms with E-state index in [0.29, 0.717) is 17.5 Å². The molecular formula is C18H14ClF3N2O3. The van der Waals surface area contributed by atoms with Gasteiger partial charge >= 0.3 is 6.18 Å². The van der Waals surface area contributed by atoms with Gasteiger partial charge in [-0.1, -0.05) is 11.6 Å². The molecule has 0 aliphatic carbocycles. The van der Waals surface area contributed by atoms with Crippen molar-refractivity contribution in [2.75, 3.05) is 17.3 Å². The molecule has 1 atom stereocenters. The molecule has 2 amide bonds. The number of nitrogens with zero attached hydrogens (tertiary/aromatic N) is 1. The molecule has 142 valence electrons. The van der Waals surface area contributed by atoms with Gasteiger partial charge in [0.05, 0.1) is 29.8 Å². The number of alkyl halides is 3. The summed E-state index contributed by atoms with van der Waals surface area (Å²) in [6.07, 6.45) is -4.87. The van der Waals surface area contributed by atoms with Crippen LogP contribution in [-0.4, -0.2) is 25.0 Å². The van der Waals surface area contributed by atoms with Crippen molar-refractivity contribution in [2.24, 2.45) is 0 Å². The monoisotopic (exact) mass is 398 g/mol. The molecule has 1 fully saturated rings. The van der Waals surface area contributed by atoms with E-state index in [-0.39, 0.29) is 12.1 Å². The topological polar surface area (TPSA) is 58.6 Å². The number of carbonyl (C=O) groups is 2. The average molecular weight is 399 g/mol. The summed E-state index contributed by atoms with van der Waals surface area (Å²) in [5, 5.41) is 2.41. The summed E-state index contributed by atoms with van der Waals surface area (Å²) in [5.41, 5.74) is -0.689. The molecule has 0 aromatic heterocycles. The highest BCUT2D eigenvalue weighted by Gasteiger charge is 2.41. The van der Waals surface area contributed by atoms with Crippen LogP contribution in [0.3, 0.4) is 0 Å². The molecule has 1 aliphatic heterocycles. The van der Waals surface area contributed by atoms with Crippen molar-refractivity contribution in [1.82, 2.24) is 0 Å². The first-order chi connectivity index (χ1) is 12.7. The van der Waals surface area contributed by atoms with E-state index < -0.39 is 34.6 Å². The molecule has 1 aliphatic rings. The highest BCUT2D eigenvalue weighted by atomic mass is 35.5. The first kappa shape index (κ1) is 19.0. The maximum absolute atomic E-state index is 13.0. The summed E-state index contributed by atoms with van der Waals surface area (Å²) < 4.78 is 44.2. The van der Waals surface area contributed by atoms with Crippen molar-refractivity contribution >= 4 is 34.8 Å². The number of carbonyl (C=O) groups excluding carboxylic acids is 2. The molecule has 3 rings (SSSR count). The molecule has 0 saturated carbocycles. The Balaban J connectivity index is 1.84. The average Bonchev–Trinajstić information content (AvgIpc) is 2.89. The fourth-order valence-electron chi connectivity index (χ4n) is 2.77. The number of hydrogen-bond donors (Lipinski definition) is 1. The van der Waals surface area contributed by atoms with Crippen molar-refractivity contribution in [3.05, 3.63) is 53.1 Å². The first-order valence-corrected chi connectivity index (χ1v) is 8.22. The lowest BCUT2D eigenvalue weighted by atomic mass is 10.1. The van der Waals surface area contributed by atoms with Gasteiger partial charge < -0.3 is 10.1 Å². The number of amides is 2. The van der Waals surface area contributed by atoms with Crippen LogP contribution in [0.25, 0.3) is 0 Å². The van der Waals surface area contributed by atoms with Crippen LogP contribution in [0.15, 0.2) is 42.5 Å². The normalized spacial score (nSPS) is 17.4. The molecule has 0 bridgehead atoms. The van der Waals surface area contributed by atoms with Crippen LogP contribution >= 0.6 is 11.6 Å². The van der Waals surface area contributed by atoms with Crippen LogP contribution in [0.4, 0.5) is 24.5 Å². The summed E-state index contributed by atoms with van der Waals surface area (Å²) in [5.74, 6) is -0.607. The van der Waals surface area contributed by atoms with Gasteiger partial charge in [0.15, 0.2) is 0 Å². The number of imide groups is 1. The van der Waals surface area contributed by atoms with Crippen molar-refractivity contribution in [3.63, 3.8) is 0 Å². The predicted molar refractivity (Wildman–Crippen MR) is 94.0 cm³/mol. The van der Waals surface area contributed by atoms with E-state index in [1.165, 1.54) is 13.2 Å². The second-order valence-electron chi connectivity index (χ2n) is 5.86. The van der Waals surface area contributed by atoms with Gasteiger partial charge in [0.1, 0.15) is 11.8 Å². The van der Waals surface area contributed by atoms with Crippen LogP contribution in [0.5, 0.6) is 5.75 Å². The maximum atomic E-state index is 13.0. The Kier molecular flexibility index (Phi) is 5.01. The zero-order chi connectivity index (χ0) is 19.8. The summed E-state index contributed by atoms with van der Waals surface area (Å²) in [6, 6.07) is 8.75. The molecule has 0 radical (unpaired) electrons. The third-order valence-electron chi connectivity index (χ3n) is 4.09. The van der Waals surface area contributed by atoms with Gasteiger partial charge in [-0.15, -0.1) is 0 Å². The lowest BCUT2D eigenvalue weighted by Crippen LogP contribution is -2.35. The highest BCUT2D eigenvalue weighted by molar-refractivity contribution is 6.31. The molecular weight excluding hydrogens is 385 g/mol. The third-order valence-corrected chi connectivity index (χ3v) is 4.42. The summed E-state index contributed by atoms with van der Waals surface area (Å²) in [4.78, 5) is 25.6. The van der Waals surface area contributed by atoms with E-state index >= 15 is 0 Å². The second-order valence-corrected chi connectivity index (χ2v) is 6.27. The number of rotatable bonds is 4. The molecule has 27 heavy (non-hydrogen) atoms. The lowest BCUT2D eigenvalue weighted by molar-refractivity contribution is -0.137. The quantitative estimate of drug-likeness (QED) is 0.787. The molecule has 1 heterocycles. The summed E-state index contributed by atoms with van der Waals surface area (Å²) >= 11 is 5.59. The Bertz CT molecular complexity index is 884. The Labute approximate surface area is 157 Å². The number of methoxy groups -OCH3 is 1. The van der Waals surface area contributed by atoms with Gasteiger partial charge in [0.25, 0.3) is 5.91 Å². The van der Waals surface area contributed by atoms with Crippen LogP contribution in [0, 0.1) is 0 Å². The zero-order valence-corrected chi connectivity index (χ0v) is 14.8. The van der Waals surface area contributed by atoms with Gasteiger partial charge in [-0.05, 0) is 42.5 Å². The van der Waals surface area contributed by atoms with Gasteiger partial charge in [-0.2, -0.15) is 13.2 Å². The van der Waals surface area contributed by atoms with Crippen molar-refractivity contribution in [2.45, 2.75) is 18.6 Å². The van der Waals surface area contributed by atoms with E-state index in [1.807, 2.05) is 0 Å². The van der Waals surface area contributed by atoms with Gasteiger partial charge in [0, 0.05) is 5.69 Å². The summed E-state index contributed by atoms with van der Waals surface area (Å²) in [6.45, 7) is 0. The lowest BCUT2D eigenvalue weighted by Gasteiger charge is -2.18. The van der Waals surface area contributed by atoms with Gasteiger partial charge in [0.2, 0.25) is 5.91 Å². The Hall–Kier alpha value is -2.74. The number of halogens is 4. The fourth-order valence-corrected chi connectivity index (χ4v) is 3.00. The van der Waals surface area contributed by atoms with Crippen LogP contribution in [-0.2, 0) is 15.8 Å². The van der Waals surface area contributed by atoms with E-state index in [4.69, 9.17) is 16.3 Å². The largest absolute Gasteiger partial charge is 0.497 e. The van der Waals surface area contributed by atoms with Crippen LogP contribution in [0.2, 0.25) is 5.02 Å². The molecule has 9 heteroatoms. The number of hydrogen-bond acceptors (Lipinski definition) is 4. The highest BCUT2D eigenvalue weighted by Crippen LogP contribution is 2.38. The van der Waals surface area contributed by atoms with Crippen LogP contribution in [0.1, 0.15) is 12.0 Å². The van der Waals surface area contributed by atoms with Crippen molar-refractivity contribution in [1.29, 1.82) is 0 Å². The minimum atomic E-state index is -4.69. The van der Waals surface area contributed by atoms with Crippen LogP contribution < -0.4 is 15.0 Å². The minimum Gasteiger partial charge on any atom is -0.497 e. The third kappa shape index (κ3) is 3.85. The standard InChI is InChI=1S/C18H14ClF3N2O3/c1-27-12-5-2-10(3-6-12)23-15-9-16(25)24(17(15)26)11-4-7-14(19)13(8-11)18(20,21)22/h2-8,15,23H,9H2,1H3. The fraction of sp³-hybridized carbons (Fsp3) is 0.222. The molecule has 2 aromatic carbocycles. The predicted octanol–water partition coefficient (Wildman–Crippen LogP) is 4.11. The maximum Gasteiger partial charge on any atom is 0.417 e. The minimum absolute atomic E-state index is 0.166. The number of benzene rings is 2. The molecule has 1 unspecified atom stereocenters. The zero-order valence-electron chi connectivity index (χ0n) is 14.0. The molecule has 1 N–H and O–H groups in total. The Morgan fingerprint density at radius 1 is 1.15 bits per heavy atom. The van der Waals surface area contributed by atoms with Crippen molar-refractivity contribution < 1.29 is 27.5 Å². The molecule has 2 aromatic rings. The smallest absolute Gasteiger partial charge is 0.417 e. The van der Waals surface area contributed by atoms with E-state index in [9.17, 15) is 22.8 Å². The SMILES string of the molecule is COc1ccc(NC2CC(=O)N(c3ccc(Cl)c(C(F)(F)F)c3)C2=O)cc1. The van der Waals surface area contributed by atoms with E-state index in [1.54, 1.807) is 24.3 Å². The van der Waals surface area contributed by atoms with Gasteiger partial charge in [-0.3, -0.25) is 9.59 Å². The number of nitrogens with one attached hydrogen (secondary N) is 1. The molecule has 5 nitrogen and oxygen atoms in total. The molecule has 0 spiro atoms. The molecule has 1 saturated heterocycles.